The van der Waals surface area contributed by atoms with Gasteiger partial charge in [0.1, 0.15) is 5.60 Å². The normalized spacial score (nSPS) is 12.3. The van der Waals surface area contributed by atoms with Gasteiger partial charge in [0, 0.05) is 12.6 Å². The van der Waals surface area contributed by atoms with Crippen molar-refractivity contribution in [3.05, 3.63) is 17.7 Å². The van der Waals surface area contributed by atoms with Crippen LogP contribution < -0.4 is 19.5 Å². The molecule has 0 heterocycles. The Morgan fingerprint density at radius 1 is 1.12 bits per heavy atom. The van der Waals surface area contributed by atoms with Crippen LogP contribution in [0.25, 0.3) is 0 Å². The van der Waals surface area contributed by atoms with Crippen molar-refractivity contribution in [3.8, 4) is 17.2 Å². The van der Waals surface area contributed by atoms with Crippen LogP contribution in [0.15, 0.2) is 12.1 Å². The van der Waals surface area contributed by atoms with E-state index in [1.165, 1.54) is 0 Å². The lowest BCUT2D eigenvalue weighted by Crippen LogP contribution is -2.40. The molecule has 0 bridgehead atoms. The van der Waals surface area contributed by atoms with Crippen LogP contribution in [0.5, 0.6) is 17.2 Å². The molecule has 0 aliphatic rings. The maximum absolute atomic E-state index is 12.1. The summed E-state index contributed by atoms with van der Waals surface area (Å²) in [5, 5.41) is 12.0. The summed E-state index contributed by atoms with van der Waals surface area (Å²) in [6.07, 6.45) is 1.25. The summed E-state index contributed by atoms with van der Waals surface area (Å²) in [5.41, 5.74) is 0.344. The number of carbonyl (C=O) groups excluding carboxylic acids is 1. The van der Waals surface area contributed by atoms with Crippen molar-refractivity contribution in [2.75, 3.05) is 27.9 Å². The van der Waals surface area contributed by atoms with Gasteiger partial charge in [0.2, 0.25) is 5.75 Å². The van der Waals surface area contributed by atoms with Crippen molar-refractivity contribution < 1.29 is 28.8 Å². The molecule has 148 valence electrons. The number of nitrogens with one attached hydrogen (secondary N) is 1. The van der Waals surface area contributed by atoms with Gasteiger partial charge in [0.05, 0.1) is 21.3 Å². The molecule has 1 aromatic rings. The van der Waals surface area contributed by atoms with E-state index in [9.17, 15) is 4.79 Å². The van der Waals surface area contributed by atoms with E-state index in [-0.39, 0.29) is 12.6 Å². The Morgan fingerprint density at radius 2 is 1.69 bits per heavy atom. The number of rotatable bonds is 9. The molecule has 1 atom stereocenters. The maximum Gasteiger partial charge on any atom is 0.407 e. The van der Waals surface area contributed by atoms with Crippen molar-refractivity contribution >= 4 is 6.09 Å². The highest BCUT2D eigenvalue weighted by atomic mass is 16.6. The summed E-state index contributed by atoms with van der Waals surface area (Å²) in [5.74, 6) is 1.63. The van der Waals surface area contributed by atoms with Gasteiger partial charge in [-0.05, 0) is 57.7 Å². The molecule has 0 aliphatic heterocycles. The van der Waals surface area contributed by atoms with Crippen LogP contribution in [0.4, 0.5) is 4.79 Å². The Kier molecular flexibility index (Phi) is 8.51. The first-order valence-electron chi connectivity index (χ1n) is 8.63. The van der Waals surface area contributed by atoms with Crippen molar-refractivity contribution in [1.82, 2.24) is 5.32 Å². The summed E-state index contributed by atoms with van der Waals surface area (Å²) in [6, 6.07) is 3.51. The van der Waals surface area contributed by atoms with Crippen LogP contribution in [0, 0.1) is 0 Å². The van der Waals surface area contributed by atoms with E-state index in [0.29, 0.717) is 36.5 Å². The molecule has 0 radical (unpaired) electrons. The number of hydrogen-bond acceptors (Lipinski definition) is 6. The molecule has 7 nitrogen and oxygen atoms in total. The van der Waals surface area contributed by atoms with Crippen molar-refractivity contribution in [2.24, 2.45) is 0 Å². The summed E-state index contributed by atoms with van der Waals surface area (Å²) in [4.78, 5) is 12.1. The molecule has 0 aliphatic carbocycles. The maximum atomic E-state index is 12.1. The second-order valence-corrected chi connectivity index (χ2v) is 6.95. The first kappa shape index (κ1) is 21.9. The van der Waals surface area contributed by atoms with Crippen LogP contribution in [-0.2, 0) is 11.2 Å². The zero-order valence-corrected chi connectivity index (χ0v) is 16.5. The Hall–Kier alpha value is -2.15. The van der Waals surface area contributed by atoms with Crippen molar-refractivity contribution in [2.45, 2.75) is 51.7 Å². The minimum absolute atomic E-state index is 0.0573. The smallest absolute Gasteiger partial charge is 0.407 e. The van der Waals surface area contributed by atoms with Crippen LogP contribution in [0.2, 0.25) is 0 Å². The Labute approximate surface area is 155 Å². The average molecular weight is 369 g/mol. The molecule has 1 rings (SSSR count). The first-order valence-corrected chi connectivity index (χ1v) is 8.63. The topological polar surface area (TPSA) is 86.3 Å². The fourth-order valence-corrected chi connectivity index (χ4v) is 2.57. The summed E-state index contributed by atoms with van der Waals surface area (Å²) in [6.45, 7) is 5.50. The van der Waals surface area contributed by atoms with E-state index in [1.807, 2.05) is 32.9 Å². The number of alkyl carbamates (subject to hydrolysis) is 1. The highest BCUT2D eigenvalue weighted by Crippen LogP contribution is 2.38. The zero-order chi connectivity index (χ0) is 19.7. The number of aliphatic hydroxyl groups is 1. The van der Waals surface area contributed by atoms with E-state index >= 15 is 0 Å². The molecule has 0 aromatic heterocycles. The van der Waals surface area contributed by atoms with Crippen LogP contribution in [0.3, 0.4) is 0 Å². The molecule has 26 heavy (non-hydrogen) atoms. The standard InChI is InChI=1S/C19H31NO6/c1-19(2,3)26-18(22)20-14(8-7-9-21)10-13-11-15(23-4)17(25-6)16(12-13)24-5/h11-12,14,21H,7-10H2,1-6H3,(H,20,22). The average Bonchev–Trinajstić information content (AvgIpc) is 2.56. The fourth-order valence-electron chi connectivity index (χ4n) is 2.57. The number of ether oxygens (including phenoxy) is 4. The second-order valence-electron chi connectivity index (χ2n) is 6.95. The van der Waals surface area contributed by atoms with Gasteiger partial charge in [-0.15, -0.1) is 0 Å². The number of aliphatic hydroxyl groups excluding tert-OH is 1. The molecule has 1 aromatic carbocycles. The molecular weight excluding hydrogens is 338 g/mol. The number of benzene rings is 1. The lowest BCUT2D eigenvalue weighted by molar-refractivity contribution is 0.0499. The van der Waals surface area contributed by atoms with E-state index in [2.05, 4.69) is 5.32 Å². The van der Waals surface area contributed by atoms with Gasteiger partial charge in [0.15, 0.2) is 11.5 Å². The van der Waals surface area contributed by atoms with E-state index in [4.69, 9.17) is 24.1 Å². The van der Waals surface area contributed by atoms with Crippen molar-refractivity contribution in [3.63, 3.8) is 0 Å². The third-order valence-corrected chi connectivity index (χ3v) is 3.64. The van der Waals surface area contributed by atoms with E-state index < -0.39 is 11.7 Å². The SMILES string of the molecule is COc1cc(CC(CCCO)NC(=O)OC(C)(C)C)cc(OC)c1OC. The summed E-state index contributed by atoms with van der Waals surface area (Å²) >= 11 is 0. The third kappa shape index (κ3) is 7.00. The molecule has 7 heteroatoms. The highest BCUT2D eigenvalue weighted by Gasteiger charge is 2.21. The molecule has 0 spiro atoms. The lowest BCUT2D eigenvalue weighted by Gasteiger charge is -2.24. The van der Waals surface area contributed by atoms with Crippen LogP contribution in [0.1, 0.15) is 39.2 Å². The van der Waals surface area contributed by atoms with Crippen LogP contribution in [-0.4, -0.2) is 50.8 Å². The Bertz CT molecular complexity index is 557. The number of amides is 1. The number of methoxy groups -OCH3 is 3. The van der Waals surface area contributed by atoms with Gasteiger partial charge in [-0.3, -0.25) is 0 Å². The largest absolute Gasteiger partial charge is 0.493 e. The Morgan fingerprint density at radius 3 is 2.12 bits per heavy atom. The van der Waals surface area contributed by atoms with Gasteiger partial charge >= 0.3 is 6.09 Å². The quantitative estimate of drug-likeness (QED) is 0.696. The van der Waals surface area contributed by atoms with Crippen LogP contribution >= 0.6 is 0 Å². The predicted octanol–water partition coefficient (Wildman–Crippen LogP) is 2.92. The second kappa shape index (κ2) is 10.1. The minimum Gasteiger partial charge on any atom is -0.493 e. The molecule has 0 saturated carbocycles. The molecule has 0 saturated heterocycles. The fraction of sp³-hybridized carbons (Fsp3) is 0.632. The van der Waals surface area contributed by atoms with Crippen molar-refractivity contribution in [1.29, 1.82) is 0 Å². The van der Waals surface area contributed by atoms with Gasteiger partial charge in [-0.2, -0.15) is 0 Å². The summed E-state index contributed by atoms with van der Waals surface area (Å²) < 4.78 is 21.4. The number of carbonyl (C=O) groups is 1. The van der Waals surface area contributed by atoms with Gasteiger partial charge < -0.3 is 29.4 Å². The van der Waals surface area contributed by atoms with Gasteiger partial charge in [-0.1, -0.05) is 0 Å². The molecule has 1 unspecified atom stereocenters. The molecule has 2 N–H and O–H groups in total. The Balaban J connectivity index is 2.98. The minimum atomic E-state index is -0.571. The van der Waals surface area contributed by atoms with E-state index in [0.717, 1.165) is 5.56 Å². The third-order valence-electron chi connectivity index (χ3n) is 3.64. The summed E-state index contributed by atoms with van der Waals surface area (Å²) in [7, 11) is 4.67. The molecule has 1 amide bonds. The predicted molar refractivity (Wildman–Crippen MR) is 99.3 cm³/mol. The molecular formula is C19H31NO6. The zero-order valence-electron chi connectivity index (χ0n) is 16.5. The first-order chi connectivity index (χ1) is 12.2. The van der Waals surface area contributed by atoms with E-state index in [1.54, 1.807) is 21.3 Å². The van der Waals surface area contributed by atoms with Gasteiger partial charge in [0.25, 0.3) is 0 Å². The molecule has 0 fully saturated rings. The number of hydrogen-bond donors (Lipinski definition) is 2. The monoisotopic (exact) mass is 369 g/mol. The highest BCUT2D eigenvalue weighted by molar-refractivity contribution is 5.68. The lowest BCUT2D eigenvalue weighted by atomic mass is 10.0. The van der Waals surface area contributed by atoms with Gasteiger partial charge in [-0.25, -0.2) is 4.79 Å².